The number of unbranched alkanes of at least 4 members (excludes halogenated alkanes) is 2. The molecule has 0 heterocycles. The molecule has 1 aromatic carbocycles. The number of hydrogen-bond donors (Lipinski definition) is 0. The summed E-state index contributed by atoms with van der Waals surface area (Å²) in [5, 5.41) is 0. The smallest absolute Gasteiger partial charge is 0.105 e. The maximum Gasteiger partial charge on any atom is 0.105 e. The molecule has 0 atom stereocenters. The topological polar surface area (TPSA) is 9.23 Å². The van der Waals surface area contributed by atoms with Gasteiger partial charge in [-0.3, -0.25) is 0 Å². The minimum Gasteiger partial charge on any atom is -0.377 e. The molecule has 0 bridgehead atoms. The van der Waals surface area contributed by atoms with Gasteiger partial charge in [-0.2, -0.15) is 0 Å². The van der Waals surface area contributed by atoms with Gasteiger partial charge >= 0.3 is 0 Å². The van der Waals surface area contributed by atoms with Crippen molar-refractivity contribution in [2.24, 2.45) is 0 Å². The van der Waals surface area contributed by atoms with Crippen molar-refractivity contribution in [3.8, 4) is 0 Å². The van der Waals surface area contributed by atoms with Crippen LogP contribution in [-0.2, 0) is 11.3 Å². The first kappa shape index (κ1) is 14.2. The third kappa shape index (κ3) is 7.92. The molecule has 0 aliphatic rings. The highest BCUT2D eigenvalue weighted by Crippen LogP contribution is 2.17. The van der Waals surface area contributed by atoms with Crippen LogP contribution >= 0.6 is 0 Å². The van der Waals surface area contributed by atoms with Crippen LogP contribution in [0.2, 0.25) is 0 Å². The van der Waals surface area contributed by atoms with Crippen molar-refractivity contribution in [3.63, 3.8) is 0 Å². The van der Waals surface area contributed by atoms with Gasteiger partial charge in [-0.1, -0.05) is 43.2 Å². The summed E-state index contributed by atoms with van der Waals surface area (Å²) in [7, 11) is 0. The van der Waals surface area contributed by atoms with Crippen molar-refractivity contribution in [1.82, 2.24) is 0 Å². The second kappa shape index (κ2) is 7.44. The minimum absolute atomic E-state index is 0.645. The summed E-state index contributed by atoms with van der Waals surface area (Å²) in [6.45, 7) is 4.72. The molecule has 1 rings (SSSR count). The maximum atomic E-state index is 13.2. The molecule has 96 valence electrons. The fourth-order valence-electron chi connectivity index (χ4n) is 1.69. The molecule has 17 heavy (non-hydrogen) atoms. The Morgan fingerprint density at radius 1 is 1.06 bits per heavy atom. The van der Waals surface area contributed by atoms with Gasteiger partial charge in [0.15, 0.2) is 0 Å². The van der Waals surface area contributed by atoms with E-state index in [9.17, 15) is 4.39 Å². The predicted molar refractivity (Wildman–Crippen MR) is 69.8 cm³/mol. The molecule has 2 heteroatoms. The van der Waals surface area contributed by atoms with Crippen LogP contribution in [0.15, 0.2) is 30.3 Å². The lowest BCUT2D eigenvalue weighted by atomic mass is 10.0. The van der Waals surface area contributed by atoms with Crippen LogP contribution in [-0.4, -0.2) is 12.3 Å². The molecule has 0 radical (unpaired) electrons. The van der Waals surface area contributed by atoms with Crippen LogP contribution in [0.5, 0.6) is 0 Å². The van der Waals surface area contributed by atoms with E-state index >= 15 is 0 Å². The van der Waals surface area contributed by atoms with E-state index in [0.29, 0.717) is 13.0 Å². The number of alkyl halides is 1. The van der Waals surface area contributed by atoms with E-state index in [1.54, 1.807) is 13.8 Å². The van der Waals surface area contributed by atoms with Crippen molar-refractivity contribution in [2.45, 2.75) is 51.8 Å². The summed E-state index contributed by atoms with van der Waals surface area (Å²) in [6.07, 6.45) is 3.65. The van der Waals surface area contributed by atoms with Gasteiger partial charge in [0.2, 0.25) is 0 Å². The molecule has 0 spiro atoms. The fraction of sp³-hybridized carbons (Fsp3) is 0.600. The summed E-state index contributed by atoms with van der Waals surface area (Å²) in [4.78, 5) is 0. The summed E-state index contributed by atoms with van der Waals surface area (Å²) in [5.74, 6) is 0. The minimum atomic E-state index is -1.02. The largest absolute Gasteiger partial charge is 0.377 e. The first-order chi connectivity index (χ1) is 8.08. The zero-order valence-corrected chi connectivity index (χ0v) is 10.9. The molecule has 1 nitrogen and oxygen atoms in total. The third-order valence-electron chi connectivity index (χ3n) is 2.67. The Kier molecular flexibility index (Phi) is 6.20. The van der Waals surface area contributed by atoms with Gasteiger partial charge < -0.3 is 4.74 Å². The number of benzene rings is 1. The summed E-state index contributed by atoms with van der Waals surface area (Å²) < 4.78 is 18.7. The lowest BCUT2D eigenvalue weighted by Gasteiger charge is -2.13. The quantitative estimate of drug-likeness (QED) is 0.605. The van der Waals surface area contributed by atoms with Crippen molar-refractivity contribution in [3.05, 3.63) is 35.9 Å². The van der Waals surface area contributed by atoms with E-state index in [4.69, 9.17) is 4.74 Å². The van der Waals surface area contributed by atoms with Crippen LogP contribution in [0.4, 0.5) is 4.39 Å². The molecule has 0 aliphatic heterocycles. The van der Waals surface area contributed by atoms with Gasteiger partial charge in [0, 0.05) is 6.61 Å². The highest BCUT2D eigenvalue weighted by atomic mass is 19.1. The van der Waals surface area contributed by atoms with E-state index in [-0.39, 0.29) is 0 Å². The fourth-order valence-corrected chi connectivity index (χ4v) is 1.69. The van der Waals surface area contributed by atoms with E-state index < -0.39 is 5.67 Å². The Hall–Kier alpha value is -0.890. The van der Waals surface area contributed by atoms with E-state index in [2.05, 4.69) is 12.1 Å². The van der Waals surface area contributed by atoms with Crippen molar-refractivity contribution < 1.29 is 9.13 Å². The first-order valence-electron chi connectivity index (χ1n) is 6.38. The zero-order valence-electron chi connectivity index (χ0n) is 10.9. The first-order valence-corrected chi connectivity index (χ1v) is 6.38. The van der Waals surface area contributed by atoms with E-state index in [1.807, 2.05) is 18.2 Å². The van der Waals surface area contributed by atoms with Gasteiger partial charge in [0.1, 0.15) is 5.67 Å². The molecule has 0 amide bonds. The number of ether oxygens (including phenoxy) is 1. The molecule has 0 saturated heterocycles. The third-order valence-corrected chi connectivity index (χ3v) is 2.67. The monoisotopic (exact) mass is 238 g/mol. The number of hydrogen-bond acceptors (Lipinski definition) is 1. The van der Waals surface area contributed by atoms with Crippen LogP contribution < -0.4 is 0 Å². The van der Waals surface area contributed by atoms with Crippen LogP contribution in [0.1, 0.15) is 45.1 Å². The predicted octanol–water partition coefficient (Wildman–Crippen LogP) is 4.51. The van der Waals surface area contributed by atoms with Crippen molar-refractivity contribution in [2.75, 3.05) is 6.61 Å². The SMILES string of the molecule is CC(C)(F)CCCCCOCc1ccccc1. The Labute approximate surface area is 104 Å². The maximum absolute atomic E-state index is 13.2. The standard InChI is InChI=1S/C15H23FO/c1-15(2,16)11-7-4-8-12-17-13-14-9-5-3-6-10-14/h3,5-6,9-10H,4,7-8,11-13H2,1-2H3. The highest BCUT2D eigenvalue weighted by Gasteiger charge is 2.13. The summed E-state index contributed by atoms with van der Waals surface area (Å²) in [5.41, 5.74) is 0.183. The van der Waals surface area contributed by atoms with Gasteiger partial charge in [0.05, 0.1) is 6.61 Å². The number of rotatable bonds is 8. The van der Waals surface area contributed by atoms with Gasteiger partial charge in [-0.05, 0) is 32.3 Å². The normalized spacial score (nSPS) is 11.7. The van der Waals surface area contributed by atoms with Gasteiger partial charge in [-0.15, -0.1) is 0 Å². The van der Waals surface area contributed by atoms with Crippen LogP contribution in [0.25, 0.3) is 0 Å². The molecular formula is C15H23FO. The zero-order chi connectivity index (χ0) is 12.6. The summed E-state index contributed by atoms with van der Waals surface area (Å²) >= 11 is 0. The van der Waals surface area contributed by atoms with Crippen molar-refractivity contribution >= 4 is 0 Å². The lowest BCUT2D eigenvalue weighted by Crippen LogP contribution is -2.10. The second-order valence-electron chi connectivity index (χ2n) is 5.07. The van der Waals surface area contributed by atoms with Crippen LogP contribution in [0.3, 0.4) is 0 Å². The van der Waals surface area contributed by atoms with E-state index in [1.165, 1.54) is 5.56 Å². The molecule has 0 aliphatic carbocycles. The molecule has 0 fully saturated rings. The van der Waals surface area contributed by atoms with Gasteiger partial charge in [0.25, 0.3) is 0 Å². The average molecular weight is 238 g/mol. The second-order valence-corrected chi connectivity index (χ2v) is 5.07. The molecule has 0 saturated carbocycles. The van der Waals surface area contributed by atoms with Gasteiger partial charge in [-0.25, -0.2) is 4.39 Å². The lowest BCUT2D eigenvalue weighted by molar-refractivity contribution is 0.115. The highest BCUT2D eigenvalue weighted by molar-refractivity contribution is 5.13. The Morgan fingerprint density at radius 2 is 1.76 bits per heavy atom. The Morgan fingerprint density at radius 3 is 2.41 bits per heavy atom. The molecule has 0 N–H and O–H groups in total. The molecule has 0 aromatic heterocycles. The Balaban J connectivity index is 1.95. The summed E-state index contributed by atoms with van der Waals surface area (Å²) in [6, 6.07) is 10.2. The average Bonchev–Trinajstić information content (AvgIpc) is 2.28. The molecular weight excluding hydrogens is 215 g/mol. The number of halogens is 1. The molecule has 0 unspecified atom stereocenters. The molecule has 1 aromatic rings. The van der Waals surface area contributed by atoms with Crippen LogP contribution in [0, 0.1) is 0 Å². The van der Waals surface area contributed by atoms with Crippen molar-refractivity contribution in [1.29, 1.82) is 0 Å². The van der Waals surface area contributed by atoms with E-state index in [0.717, 1.165) is 25.9 Å². The Bertz CT molecular complexity index is 290.